The third kappa shape index (κ3) is 2.80. The highest BCUT2D eigenvalue weighted by Crippen LogP contribution is 2.37. The van der Waals surface area contributed by atoms with Gasteiger partial charge in [0.25, 0.3) is 0 Å². The van der Waals surface area contributed by atoms with Gasteiger partial charge in [0.2, 0.25) is 6.67 Å². The zero-order valence-electron chi connectivity index (χ0n) is 12.8. The summed E-state index contributed by atoms with van der Waals surface area (Å²) in [6.45, 7) is 4.43. The second-order valence-corrected chi connectivity index (χ2v) is 5.68. The van der Waals surface area contributed by atoms with Crippen LogP contribution in [0.4, 0.5) is 11.4 Å². The molecule has 0 N–H and O–H groups in total. The summed E-state index contributed by atoms with van der Waals surface area (Å²) in [5.41, 5.74) is 3.65. The van der Waals surface area contributed by atoms with Gasteiger partial charge < -0.3 is 9.80 Å². The molecule has 1 aliphatic rings. The number of anilines is 2. The first-order valence-electron chi connectivity index (χ1n) is 7.90. The van der Waals surface area contributed by atoms with Crippen LogP contribution in [0.1, 0.15) is 11.6 Å². The molecule has 3 aromatic rings. The summed E-state index contributed by atoms with van der Waals surface area (Å²) in [5.74, 6) is 0. The van der Waals surface area contributed by atoms with E-state index < -0.39 is 0 Å². The molecule has 0 bridgehead atoms. The predicted molar refractivity (Wildman–Crippen MR) is 95.1 cm³/mol. The molecule has 23 heavy (non-hydrogen) atoms. The third-order valence-electron chi connectivity index (χ3n) is 4.18. The third-order valence-corrected chi connectivity index (χ3v) is 4.18. The van der Waals surface area contributed by atoms with Gasteiger partial charge in [-0.1, -0.05) is 66.7 Å². The van der Waals surface area contributed by atoms with E-state index in [0.29, 0.717) is 0 Å². The molecule has 1 unspecified atom stereocenters. The molecule has 1 aliphatic heterocycles. The maximum atomic E-state index is 3.54. The van der Waals surface area contributed by atoms with Gasteiger partial charge in [0.05, 0.1) is 6.04 Å². The van der Waals surface area contributed by atoms with Crippen molar-refractivity contribution in [3.8, 4) is 0 Å². The summed E-state index contributed by atoms with van der Waals surface area (Å²) < 4.78 is 0. The van der Waals surface area contributed by atoms with Crippen LogP contribution in [0, 0.1) is 6.67 Å². The van der Waals surface area contributed by atoms with Crippen molar-refractivity contribution >= 4 is 11.4 Å². The Hall–Kier alpha value is -2.74. The highest BCUT2D eigenvalue weighted by Gasteiger charge is 2.33. The molecule has 1 atom stereocenters. The van der Waals surface area contributed by atoms with Crippen LogP contribution in [-0.2, 0) is 0 Å². The van der Waals surface area contributed by atoms with Crippen molar-refractivity contribution in [2.45, 2.75) is 6.04 Å². The maximum absolute atomic E-state index is 3.54. The number of hydrogen-bond donors (Lipinski definition) is 0. The van der Waals surface area contributed by atoms with Crippen molar-refractivity contribution in [3.05, 3.63) is 103 Å². The van der Waals surface area contributed by atoms with Crippen LogP contribution in [0.15, 0.2) is 91.0 Å². The van der Waals surface area contributed by atoms with Crippen molar-refractivity contribution in [2.75, 3.05) is 16.3 Å². The molecule has 0 spiro atoms. The van der Waals surface area contributed by atoms with Gasteiger partial charge >= 0.3 is 0 Å². The first-order chi connectivity index (χ1) is 11.4. The standard InChI is InChI=1S/C21H18N2/c1-4-10-18(11-5-1)21-16-22(19-12-6-2-7-13-19)17-23(21)20-14-8-3-9-15-20/h1-15,21H,16H2. The Balaban J connectivity index is 1.70. The lowest BCUT2D eigenvalue weighted by Crippen LogP contribution is -2.20. The molecule has 0 aliphatic carbocycles. The molecule has 2 heteroatoms. The lowest BCUT2D eigenvalue weighted by Gasteiger charge is -2.24. The van der Waals surface area contributed by atoms with Crippen LogP contribution < -0.4 is 9.80 Å². The second-order valence-electron chi connectivity index (χ2n) is 5.68. The normalized spacial score (nSPS) is 17.5. The molecular formula is C21H18N2. The summed E-state index contributed by atoms with van der Waals surface area (Å²) >= 11 is 0. The fraction of sp³-hybridized carbons (Fsp3) is 0.0952. The number of hydrogen-bond acceptors (Lipinski definition) is 2. The first-order valence-corrected chi connectivity index (χ1v) is 7.90. The largest absolute Gasteiger partial charge is 0.339 e. The maximum Gasteiger partial charge on any atom is 0.209 e. The molecule has 4 rings (SSSR count). The van der Waals surface area contributed by atoms with Crippen molar-refractivity contribution in [2.24, 2.45) is 0 Å². The SMILES string of the molecule is [C]1N(c2ccccc2)CC(c2ccccc2)N1c1ccccc1. The Morgan fingerprint density at radius 1 is 0.652 bits per heavy atom. The fourth-order valence-corrected chi connectivity index (χ4v) is 3.02. The van der Waals surface area contributed by atoms with E-state index in [4.69, 9.17) is 0 Å². The Kier molecular flexibility index (Phi) is 3.73. The molecule has 112 valence electrons. The molecule has 1 fully saturated rings. The van der Waals surface area contributed by atoms with Crippen LogP contribution in [0.3, 0.4) is 0 Å². The molecule has 2 radical (unpaired) electrons. The second kappa shape index (κ2) is 6.17. The fourth-order valence-electron chi connectivity index (χ4n) is 3.02. The highest BCUT2D eigenvalue weighted by molar-refractivity contribution is 5.60. The van der Waals surface area contributed by atoms with Crippen molar-refractivity contribution in [3.63, 3.8) is 0 Å². The van der Waals surface area contributed by atoms with E-state index in [1.54, 1.807) is 0 Å². The summed E-state index contributed by atoms with van der Waals surface area (Å²) in [7, 11) is 0. The molecule has 0 amide bonds. The van der Waals surface area contributed by atoms with Crippen molar-refractivity contribution in [1.29, 1.82) is 0 Å². The lowest BCUT2D eigenvalue weighted by atomic mass is 10.1. The smallest absolute Gasteiger partial charge is 0.209 e. The highest BCUT2D eigenvalue weighted by atomic mass is 15.4. The molecule has 1 saturated heterocycles. The van der Waals surface area contributed by atoms with E-state index >= 15 is 0 Å². The lowest BCUT2D eigenvalue weighted by molar-refractivity contribution is 0.773. The average molecular weight is 298 g/mol. The molecular weight excluding hydrogens is 280 g/mol. The van der Waals surface area contributed by atoms with E-state index in [2.05, 4.69) is 95.3 Å². The zero-order chi connectivity index (χ0) is 15.5. The van der Waals surface area contributed by atoms with E-state index in [1.807, 2.05) is 12.1 Å². The van der Waals surface area contributed by atoms with Gasteiger partial charge in [-0.05, 0) is 29.8 Å². The van der Waals surface area contributed by atoms with Gasteiger partial charge in [-0.25, -0.2) is 0 Å². The number of benzene rings is 3. The minimum Gasteiger partial charge on any atom is -0.339 e. The number of nitrogens with zero attached hydrogens (tertiary/aromatic N) is 2. The topological polar surface area (TPSA) is 6.48 Å². The average Bonchev–Trinajstić information content (AvgIpc) is 3.09. The Bertz CT molecular complexity index is 693. The Morgan fingerprint density at radius 3 is 1.78 bits per heavy atom. The quantitative estimate of drug-likeness (QED) is 0.688. The summed E-state index contributed by atoms with van der Waals surface area (Å²) in [6.07, 6.45) is 0. The van der Waals surface area contributed by atoms with Gasteiger partial charge in [-0.2, -0.15) is 0 Å². The van der Waals surface area contributed by atoms with Gasteiger partial charge in [0, 0.05) is 17.9 Å². The monoisotopic (exact) mass is 298 g/mol. The summed E-state index contributed by atoms with van der Waals surface area (Å²) in [4.78, 5) is 4.44. The molecule has 0 saturated carbocycles. The summed E-state index contributed by atoms with van der Waals surface area (Å²) in [6, 6.07) is 31.8. The first kappa shape index (κ1) is 13.9. The summed E-state index contributed by atoms with van der Waals surface area (Å²) in [5, 5.41) is 0. The van der Waals surface area contributed by atoms with E-state index in [9.17, 15) is 0 Å². The van der Waals surface area contributed by atoms with E-state index in [-0.39, 0.29) is 6.04 Å². The van der Waals surface area contributed by atoms with Gasteiger partial charge in [-0.3, -0.25) is 0 Å². The van der Waals surface area contributed by atoms with Crippen molar-refractivity contribution in [1.82, 2.24) is 0 Å². The predicted octanol–water partition coefficient (Wildman–Crippen LogP) is 4.75. The van der Waals surface area contributed by atoms with E-state index in [0.717, 1.165) is 6.54 Å². The van der Waals surface area contributed by atoms with E-state index in [1.165, 1.54) is 16.9 Å². The Morgan fingerprint density at radius 2 is 1.17 bits per heavy atom. The zero-order valence-corrected chi connectivity index (χ0v) is 12.8. The molecule has 1 heterocycles. The van der Waals surface area contributed by atoms with Crippen LogP contribution in [0.5, 0.6) is 0 Å². The van der Waals surface area contributed by atoms with Crippen LogP contribution in [0.25, 0.3) is 0 Å². The van der Waals surface area contributed by atoms with Crippen LogP contribution in [0.2, 0.25) is 0 Å². The van der Waals surface area contributed by atoms with Gasteiger partial charge in [0.15, 0.2) is 0 Å². The number of rotatable bonds is 3. The minimum atomic E-state index is 0.263. The molecule has 0 aromatic heterocycles. The molecule has 3 aromatic carbocycles. The van der Waals surface area contributed by atoms with Crippen molar-refractivity contribution < 1.29 is 0 Å². The molecule has 2 nitrogen and oxygen atoms in total. The van der Waals surface area contributed by atoms with Gasteiger partial charge in [0.1, 0.15) is 0 Å². The Labute approximate surface area is 137 Å². The van der Waals surface area contributed by atoms with Gasteiger partial charge in [-0.15, -0.1) is 0 Å². The van der Waals surface area contributed by atoms with Crippen LogP contribution in [-0.4, -0.2) is 6.54 Å². The number of para-hydroxylation sites is 2. The minimum absolute atomic E-state index is 0.263. The van der Waals surface area contributed by atoms with Crippen LogP contribution >= 0.6 is 0 Å².